The van der Waals surface area contributed by atoms with E-state index in [9.17, 15) is 4.39 Å². The highest BCUT2D eigenvalue weighted by Gasteiger charge is 2.14. The van der Waals surface area contributed by atoms with Crippen molar-refractivity contribution in [3.63, 3.8) is 0 Å². The van der Waals surface area contributed by atoms with Gasteiger partial charge in [0.2, 0.25) is 0 Å². The summed E-state index contributed by atoms with van der Waals surface area (Å²) in [4.78, 5) is 0. The van der Waals surface area contributed by atoms with Crippen molar-refractivity contribution in [3.8, 4) is 11.4 Å². The number of fused-ring (bicyclic) bond motifs is 1. The molecule has 0 N–H and O–H groups in total. The SMILES string of the molecule is COc1ccc(Br)c2cnn(-c3ccccc3F)c12. The number of hydrogen-bond donors (Lipinski definition) is 0. The summed E-state index contributed by atoms with van der Waals surface area (Å²) in [7, 11) is 1.58. The van der Waals surface area contributed by atoms with Gasteiger partial charge in [0, 0.05) is 9.86 Å². The van der Waals surface area contributed by atoms with Crippen LogP contribution in [0.2, 0.25) is 0 Å². The first-order chi connectivity index (χ1) is 9.22. The van der Waals surface area contributed by atoms with E-state index >= 15 is 0 Å². The molecule has 0 atom stereocenters. The lowest BCUT2D eigenvalue weighted by atomic mass is 10.2. The largest absolute Gasteiger partial charge is 0.494 e. The molecule has 96 valence electrons. The Balaban J connectivity index is 2.37. The normalized spacial score (nSPS) is 10.9. The van der Waals surface area contributed by atoms with Crippen LogP contribution in [0.25, 0.3) is 16.6 Å². The summed E-state index contributed by atoms with van der Waals surface area (Å²) >= 11 is 3.46. The number of ether oxygens (including phenoxy) is 1. The number of rotatable bonds is 2. The number of methoxy groups -OCH3 is 1. The topological polar surface area (TPSA) is 27.1 Å². The number of hydrogen-bond acceptors (Lipinski definition) is 2. The van der Waals surface area contributed by atoms with Crippen LogP contribution in [0.4, 0.5) is 4.39 Å². The summed E-state index contributed by atoms with van der Waals surface area (Å²) in [6.45, 7) is 0. The Bertz CT molecular complexity index is 754. The van der Waals surface area contributed by atoms with Gasteiger partial charge in [-0.1, -0.05) is 28.1 Å². The van der Waals surface area contributed by atoms with Gasteiger partial charge in [-0.3, -0.25) is 0 Å². The van der Waals surface area contributed by atoms with Gasteiger partial charge in [0.25, 0.3) is 0 Å². The van der Waals surface area contributed by atoms with Gasteiger partial charge in [-0.2, -0.15) is 5.10 Å². The second-order valence-corrected chi connectivity index (χ2v) is 4.87. The fourth-order valence-electron chi connectivity index (χ4n) is 2.05. The maximum Gasteiger partial charge on any atom is 0.148 e. The molecule has 0 saturated carbocycles. The molecule has 0 aliphatic carbocycles. The third-order valence-corrected chi connectivity index (χ3v) is 3.63. The Kier molecular flexibility index (Phi) is 2.98. The van der Waals surface area contributed by atoms with Crippen LogP contribution in [0.1, 0.15) is 0 Å². The van der Waals surface area contributed by atoms with Crippen molar-refractivity contribution in [2.24, 2.45) is 0 Å². The second kappa shape index (κ2) is 4.66. The fourth-order valence-corrected chi connectivity index (χ4v) is 2.47. The third kappa shape index (κ3) is 1.90. The molecular formula is C14H10BrFN2O. The molecule has 1 heterocycles. The first kappa shape index (κ1) is 12.2. The predicted octanol–water partition coefficient (Wildman–Crippen LogP) is 3.94. The van der Waals surface area contributed by atoms with Gasteiger partial charge in [0.05, 0.1) is 13.3 Å². The van der Waals surface area contributed by atoms with Crippen molar-refractivity contribution in [2.45, 2.75) is 0 Å². The van der Waals surface area contributed by atoms with Crippen molar-refractivity contribution in [1.82, 2.24) is 9.78 Å². The first-order valence-electron chi connectivity index (χ1n) is 5.67. The van der Waals surface area contributed by atoms with E-state index in [-0.39, 0.29) is 5.82 Å². The van der Waals surface area contributed by atoms with Gasteiger partial charge in [0.15, 0.2) is 0 Å². The molecule has 0 saturated heterocycles. The summed E-state index contributed by atoms with van der Waals surface area (Å²) < 4.78 is 21.7. The number of halogens is 2. The van der Waals surface area contributed by atoms with Crippen LogP contribution in [0.5, 0.6) is 5.75 Å². The Morgan fingerprint density at radius 2 is 2.00 bits per heavy atom. The summed E-state index contributed by atoms with van der Waals surface area (Å²) in [6, 6.07) is 10.2. The Labute approximate surface area is 117 Å². The Morgan fingerprint density at radius 1 is 1.21 bits per heavy atom. The molecule has 19 heavy (non-hydrogen) atoms. The van der Waals surface area contributed by atoms with E-state index in [1.54, 1.807) is 36.2 Å². The average Bonchev–Trinajstić information content (AvgIpc) is 2.86. The molecule has 0 aliphatic rings. The lowest BCUT2D eigenvalue weighted by molar-refractivity contribution is 0.418. The zero-order valence-corrected chi connectivity index (χ0v) is 11.7. The molecule has 0 amide bonds. The molecule has 0 bridgehead atoms. The predicted molar refractivity (Wildman–Crippen MR) is 75.3 cm³/mol. The second-order valence-electron chi connectivity index (χ2n) is 4.02. The highest BCUT2D eigenvalue weighted by Crippen LogP contribution is 2.33. The molecule has 2 aromatic carbocycles. The van der Waals surface area contributed by atoms with Crippen LogP contribution in [0.15, 0.2) is 47.1 Å². The molecular weight excluding hydrogens is 311 g/mol. The zero-order chi connectivity index (χ0) is 13.4. The smallest absolute Gasteiger partial charge is 0.148 e. The summed E-state index contributed by atoms with van der Waals surface area (Å²) in [5.74, 6) is 0.327. The van der Waals surface area contributed by atoms with E-state index in [2.05, 4.69) is 21.0 Å². The minimum atomic E-state index is -0.325. The van der Waals surface area contributed by atoms with Gasteiger partial charge in [-0.25, -0.2) is 9.07 Å². The minimum Gasteiger partial charge on any atom is -0.494 e. The van der Waals surface area contributed by atoms with Gasteiger partial charge in [-0.15, -0.1) is 0 Å². The maximum atomic E-state index is 13.9. The van der Waals surface area contributed by atoms with Crippen LogP contribution < -0.4 is 4.74 Å². The number of aromatic nitrogens is 2. The van der Waals surface area contributed by atoms with Gasteiger partial charge in [-0.05, 0) is 24.3 Å². The first-order valence-corrected chi connectivity index (χ1v) is 6.47. The molecule has 0 radical (unpaired) electrons. The number of nitrogens with zero attached hydrogens (tertiary/aromatic N) is 2. The molecule has 0 unspecified atom stereocenters. The summed E-state index contributed by atoms with van der Waals surface area (Å²) in [6.07, 6.45) is 1.69. The molecule has 5 heteroatoms. The highest BCUT2D eigenvalue weighted by molar-refractivity contribution is 9.10. The van der Waals surface area contributed by atoms with E-state index in [0.29, 0.717) is 11.4 Å². The Morgan fingerprint density at radius 3 is 2.74 bits per heavy atom. The van der Waals surface area contributed by atoms with Gasteiger partial charge < -0.3 is 4.74 Å². The van der Waals surface area contributed by atoms with Crippen LogP contribution >= 0.6 is 15.9 Å². The zero-order valence-electron chi connectivity index (χ0n) is 10.1. The van der Waals surface area contributed by atoms with Crippen molar-refractivity contribution in [1.29, 1.82) is 0 Å². The number of benzene rings is 2. The van der Waals surface area contributed by atoms with Gasteiger partial charge >= 0.3 is 0 Å². The van der Waals surface area contributed by atoms with E-state index in [1.165, 1.54) is 6.07 Å². The van der Waals surface area contributed by atoms with Crippen LogP contribution in [0, 0.1) is 5.82 Å². The lowest BCUT2D eigenvalue weighted by Gasteiger charge is -2.08. The standard InChI is InChI=1S/C14H10BrFN2O/c1-19-13-7-6-10(15)9-8-17-18(14(9)13)12-5-3-2-4-11(12)16/h2-8H,1H3. The van der Waals surface area contributed by atoms with Crippen molar-refractivity contribution in [2.75, 3.05) is 7.11 Å². The monoisotopic (exact) mass is 320 g/mol. The van der Waals surface area contributed by atoms with Crippen LogP contribution in [-0.4, -0.2) is 16.9 Å². The molecule has 3 aromatic rings. The Hall–Kier alpha value is -1.88. The van der Waals surface area contributed by atoms with E-state index in [4.69, 9.17) is 4.74 Å². The summed E-state index contributed by atoms with van der Waals surface area (Å²) in [5, 5.41) is 5.14. The molecule has 1 aromatic heterocycles. The molecule has 0 aliphatic heterocycles. The van der Waals surface area contributed by atoms with E-state index < -0.39 is 0 Å². The van der Waals surface area contributed by atoms with Gasteiger partial charge in [0.1, 0.15) is 22.8 Å². The maximum absolute atomic E-state index is 13.9. The lowest BCUT2D eigenvalue weighted by Crippen LogP contribution is -2.00. The van der Waals surface area contributed by atoms with Crippen LogP contribution in [-0.2, 0) is 0 Å². The average molecular weight is 321 g/mol. The minimum absolute atomic E-state index is 0.325. The number of para-hydroxylation sites is 1. The molecule has 0 fully saturated rings. The van der Waals surface area contributed by atoms with Crippen molar-refractivity contribution in [3.05, 3.63) is 52.9 Å². The highest BCUT2D eigenvalue weighted by atomic mass is 79.9. The molecule has 0 spiro atoms. The molecule has 3 rings (SSSR count). The quantitative estimate of drug-likeness (QED) is 0.715. The fraction of sp³-hybridized carbons (Fsp3) is 0.0714. The molecule has 3 nitrogen and oxygen atoms in total. The van der Waals surface area contributed by atoms with E-state index in [1.807, 2.05) is 12.1 Å². The van der Waals surface area contributed by atoms with E-state index in [0.717, 1.165) is 15.4 Å². The summed E-state index contributed by atoms with van der Waals surface area (Å²) in [5.41, 5.74) is 1.14. The van der Waals surface area contributed by atoms with Crippen LogP contribution in [0.3, 0.4) is 0 Å². The third-order valence-electron chi connectivity index (χ3n) is 2.94. The van der Waals surface area contributed by atoms with Crippen molar-refractivity contribution >= 4 is 26.8 Å². The van der Waals surface area contributed by atoms with Crippen molar-refractivity contribution < 1.29 is 9.13 Å².